The van der Waals surface area contributed by atoms with Crippen LogP contribution in [-0.4, -0.2) is 31.8 Å². The maximum atomic E-state index is 5.87. The molecule has 0 aromatic rings. The van der Waals surface area contributed by atoms with Crippen LogP contribution in [0.15, 0.2) is 4.99 Å². The van der Waals surface area contributed by atoms with E-state index < -0.39 is 0 Å². The summed E-state index contributed by atoms with van der Waals surface area (Å²) in [5, 5.41) is 3.17. The van der Waals surface area contributed by atoms with Gasteiger partial charge in [-0.15, -0.1) is 0 Å². The van der Waals surface area contributed by atoms with Gasteiger partial charge in [0.05, 0.1) is 6.10 Å². The Balaban J connectivity index is 1.44. The van der Waals surface area contributed by atoms with E-state index in [1.807, 2.05) is 0 Å². The van der Waals surface area contributed by atoms with Crippen LogP contribution in [0.4, 0.5) is 0 Å². The van der Waals surface area contributed by atoms with E-state index in [9.17, 15) is 0 Å². The third-order valence-corrected chi connectivity index (χ3v) is 4.28. The van der Waals surface area contributed by atoms with Gasteiger partial charge in [0, 0.05) is 19.7 Å². The number of rotatable bonds is 7. The summed E-state index contributed by atoms with van der Waals surface area (Å²) in [4.78, 5) is 4.38. The molecule has 0 bridgehead atoms. The lowest BCUT2D eigenvalue weighted by molar-refractivity contribution is 0.0277. The second kappa shape index (κ2) is 8.41. The van der Waals surface area contributed by atoms with Crippen molar-refractivity contribution in [2.45, 2.75) is 63.9 Å². The summed E-state index contributed by atoms with van der Waals surface area (Å²) in [5.41, 5.74) is 5.82. The van der Waals surface area contributed by atoms with Gasteiger partial charge < -0.3 is 15.8 Å². The topological polar surface area (TPSA) is 59.6 Å². The molecule has 4 nitrogen and oxygen atoms in total. The minimum atomic E-state index is 0.512. The number of nitrogens with one attached hydrogen (secondary N) is 1. The van der Waals surface area contributed by atoms with Gasteiger partial charge in [-0.25, -0.2) is 0 Å². The highest BCUT2D eigenvalue weighted by molar-refractivity contribution is 5.77. The van der Waals surface area contributed by atoms with Crippen molar-refractivity contribution in [1.29, 1.82) is 0 Å². The lowest BCUT2D eigenvalue weighted by Crippen LogP contribution is -2.34. The minimum absolute atomic E-state index is 0.512. The SMILES string of the molecule is NC(=NCC1CCC1)NCCCOC1CCCCC1. The molecule has 2 fully saturated rings. The number of ether oxygens (including phenoxy) is 1. The van der Waals surface area contributed by atoms with Crippen molar-refractivity contribution in [3.63, 3.8) is 0 Å². The Morgan fingerprint density at radius 3 is 2.58 bits per heavy atom. The Morgan fingerprint density at radius 1 is 1.11 bits per heavy atom. The van der Waals surface area contributed by atoms with Crippen LogP contribution in [0.5, 0.6) is 0 Å². The Hall–Kier alpha value is -0.770. The van der Waals surface area contributed by atoms with Crippen LogP contribution in [0.2, 0.25) is 0 Å². The zero-order valence-corrected chi connectivity index (χ0v) is 12.1. The molecule has 0 aliphatic heterocycles. The monoisotopic (exact) mass is 267 g/mol. The zero-order valence-electron chi connectivity index (χ0n) is 12.1. The molecule has 0 unspecified atom stereocenters. The Kier molecular flexibility index (Phi) is 6.48. The molecule has 3 N–H and O–H groups in total. The molecule has 0 heterocycles. The molecule has 0 amide bonds. The molecular formula is C15H29N3O. The number of nitrogens with two attached hydrogens (primary N) is 1. The molecular weight excluding hydrogens is 238 g/mol. The summed E-state index contributed by atoms with van der Waals surface area (Å²) in [6, 6.07) is 0. The standard InChI is InChI=1S/C15H29N3O/c16-15(18-12-13-6-4-7-13)17-10-5-11-19-14-8-2-1-3-9-14/h13-14H,1-12H2,(H3,16,17,18). The van der Waals surface area contributed by atoms with Crippen LogP contribution in [-0.2, 0) is 4.74 Å². The van der Waals surface area contributed by atoms with Gasteiger partial charge in [-0.05, 0) is 38.0 Å². The fourth-order valence-electron chi connectivity index (χ4n) is 2.73. The first-order chi connectivity index (χ1) is 9.34. The van der Waals surface area contributed by atoms with E-state index in [4.69, 9.17) is 10.5 Å². The van der Waals surface area contributed by atoms with E-state index in [-0.39, 0.29) is 0 Å². The first-order valence-electron chi connectivity index (χ1n) is 8.00. The predicted octanol–water partition coefficient (Wildman–Crippen LogP) is 2.43. The van der Waals surface area contributed by atoms with E-state index >= 15 is 0 Å². The van der Waals surface area contributed by atoms with Gasteiger partial charge in [0.2, 0.25) is 0 Å². The summed E-state index contributed by atoms with van der Waals surface area (Å²) in [6.07, 6.45) is 12.1. The average Bonchev–Trinajstić information content (AvgIpc) is 2.38. The van der Waals surface area contributed by atoms with Crippen molar-refractivity contribution in [3.05, 3.63) is 0 Å². The van der Waals surface area contributed by atoms with Gasteiger partial charge in [-0.3, -0.25) is 4.99 Å². The number of aliphatic imine (C=N–C) groups is 1. The van der Waals surface area contributed by atoms with E-state index in [0.717, 1.165) is 32.0 Å². The first kappa shape index (κ1) is 14.6. The molecule has 2 aliphatic carbocycles. The highest BCUT2D eigenvalue weighted by atomic mass is 16.5. The van der Waals surface area contributed by atoms with Crippen LogP contribution >= 0.6 is 0 Å². The number of guanidine groups is 1. The molecule has 4 heteroatoms. The fraction of sp³-hybridized carbons (Fsp3) is 0.933. The van der Waals surface area contributed by atoms with Gasteiger partial charge >= 0.3 is 0 Å². The van der Waals surface area contributed by atoms with Crippen LogP contribution in [0, 0.1) is 5.92 Å². The lowest BCUT2D eigenvalue weighted by atomic mass is 9.86. The summed E-state index contributed by atoms with van der Waals surface area (Å²) >= 11 is 0. The molecule has 0 saturated heterocycles. The summed E-state index contributed by atoms with van der Waals surface area (Å²) in [6.45, 7) is 2.61. The largest absolute Gasteiger partial charge is 0.378 e. The molecule has 0 spiro atoms. The van der Waals surface area contributed by atoms with E-state index in [1.54, 1.807) is 0 Å². The van der Waals surface area contributed by atoms with Crippen LogP contribution in [0.3, 0.4) is 0 Å². The highest BCUT2D eigenvalue weighted by Crippen LogP contribution is 2.26. The van der Waals surface area contributed by atoms with E-state index in [2.05, 4.69) is 10.3 Å². The zero-order chi connectivity index (χ0) is 13.3. The molecule has 2 rings (SSSR count). The summed E-state index contributed by atoms with van der Waals surface area (Å²) in [5.74, 6) is 1.39. The normalized spacial score (nSPS) is 22.2. The Bertz CT molecular complexity index is 271. The molecule has 2 aliphatic rings. The van der Waals surface area contributed by atoms with E-state index in [0.29, 0.717) is 12.1 Å². The van der Waals surface area contributed by atoms with Crippen LogP contribution in [0.25, 0.3) is 0 Å². The number of nitrogens with zero attached hydrogens (tertiary/aromatic N) is 1. The lowest BCUT2D eigenvalue weighted by Gasteiger charge is -2.23. The minimum Gasteiger partial charge on any atom is -0.378 e. The van der Waals surface area contributed by atoms with Gasteiger partial charge in [0.1, 0.15) is 0 Å². The first-order valence-corrected chi connectivity index (χ1v) is 8.00. The van der Waals surface area contributed by atoms with Crippen LogP contribution in [0.1, 0.15) is 57.8 Å². The molecule has 110 valence electrons. The molecule has 19 heavy (non-hydrogen) atoms. The summed E-state index contributed by atoms with van der Waals surface area (Å²) in [7, 11) is 0. The van der Waals surface area contributed by atoms with Crippen molar-refractivity contribution in [2.24, 2.45) is 16.6 Å². The van der Waals surface area contributed by atoms with Gasteiger partial charge in [0.25, 0.3) is 0 Å². The van der Waals surface area contributed by atoms with Gasteiger partial charge in [-0.1, -0.05) is 25.7 Å². The second-order valence-electron chi connectivity index (χ2n) is 5.93. The van der Waals surface area contributed by atoms with Crippen molar-refractivity contribution >= 4 is 5.96 Å². The maximum Gasteiger partial charge on any atom is 0.188 e. The molecule has 0 atom stereocenters. The van der Waals surface area contributed by atoms with Gasteiger partial charge in [0.15, 0.2) is 5.96 Å². The number of hydrogen-bond donors (Lipinski definition) is 2. The van der Waals surface area contributed by atoms with Crippen molar-refractivity contribution in [2.75, 3.05) is 19.7 Å². The number of hydrogen-bond acceptors (Lipinski definition) is 2. The third kappa shape index (κ3) is 5.81. The van der Waals surface area contributed by atoms with Crippen molar-refractivity contribution in [1.82, 2.24) is 5.32 Å². The molecule has 2 saturated carbocycles. The van der Waals surface area contributed by atoms with E-state index in [1.165, 1.54) is 51.4 Å². The molecule has 0 radical (unpaired) electrons. The van der Waals surface area contributed by atoms with Gasteiger partial charge in [-0.2, -0.15) is 0 Å². The fourth-order valence-corrected chi connectivity index (χ4v) is 2.73. The maximum absolute atomic E-state index is 5.87. The van der Waals surface area contributed by atoms with Crippen LogP contribution < -0.4 is 11.1 Å². The average molecular weight is 267 g/mol. The third-order valence-electron chi connectivity index (χ3n) is 4.28. The Morgan fingerprint density at radius 2 is 1.89 bits per heavy atom. The van der Waals surface area contributed by atoms with Crippen molar-refractivity contribution in [3.8, 4) is 0 Å². The molecule has 0 aromatic carbocycles. The summed E-state index contributed by atoms with van der Waals surface area (Å²) < 4.78 is 5.87. The van der Waals surface area contributed by atoms with Crippen molar-refractivity contribution < 1.29 is 4.74 Å². The highest BCUT2D eigenvalue weighted by Gasteiger charge is 2.16. The Labute approximate surface area is 117 Å². The molecule has 0 aromatic heterocycles. The predicted molar refractivity (Wildman–Crippen MR) is 79.3 cm³/mol. The smallest absolute Gasteiger partial charge is 0.188 e. The second-order valence-corrected chi connectivity index (χ2v) is 5.93. The quantitative estimate of drug-likeness (QED) is 0.423.